The summed E-state index contributed by atoms with van der Waals surface area (Å²) >= 11 is 0. The minimum atomic E-state index is -0.0703. The number of aromatic nitrogens is 3. The molecule has 0 radical (unpaired) electrons. The van der Waals surface area contributed by atoms with E-state index in [4.69, 9.17) is 9.26 Å². The number of piperidine rings is 1. The van der Waals surface area contributed by atoms with Crippen LogP contribution in [-0.4, -0.2) is 41.2 Å². The first-order valence-corrected chi connectivity index (χ1v) is 12.6. The summed E-state index contributed by atoms with van der Waals surface area (Å²) in [6.45, 7) is 5.49. The van der Waals surface area contributed by atoms with E-state index in [1.165, 1.54) is 5.56 Å². The molecule has 190 valence electrons. The molecule has 1 N–H and O–H groups in total. The van der Waals surface area contributed by atoms with Crippen LogP contribution in [0.3, 0.4) is 0 Å². The van der Waals surface area contributed by atoms with E-state index in [0.717, 1.165) is 54.2 Å². The molecule has 4 aromatic rings. The Balaban J connectivity index is 1.23. The number of nitrogens with one attached hydrogen (secondary N) is 1. The summed E-state index contributed by atoms with van der Waals surface area (Å²) in [6.07, 6.45) is 3.26. The van der Waals surface area contributed by atoms with Crippen molar-refractivity contribution in [1.82, 2.24) is 20.4 Å². The Kier molecular flexibility index (Phi) is 7.16. The van der Waals surface area contributed by atoms with Crippen LogP contribution in [0.5, 0.6) is 5.75 Å². The van der Waals surface area contributed by atoms with Gasteiger partial charge in [-0.3, -0.25) is 4.79 Å². The summed E-state index contributed by atoms with van der Waals surface area (Å²) < 4.78 is 10.8. The fourth-order valence-electron chi connectivity index (χ4n) is 4.63. The van der Waals surface area contributed by atoms with E-state index in [-0.39, 0.29) is 17.9 Å². The van der Waals surface area contributed by atoms with Gasteiger partial charge in [-0.1, -0.05) is 47.1 Å². The summed E-state index contributed by atoms with van der Waals surface area (Å²) in [5.41, 5.74) is 3.93. The van der Waals surface area contributed by atoms with E-state index in [2.05, 4.69) is 25.3 Å². The Morgan fingerprint density at radius 3 is 2.51 bits per heavy atom. The largest absolute Gasteiger partial charge is 0.497 e. The maximum absolute atomic E-state index is 13.0. The van der Waals surface area contributed by atoms with Gasteiger partial charge in [0.25, 0.3) is 5.89 Å². The molecule has 1 saturated heterocycles. The van der Waals surface area contributed by atoms with Gasteiger partial charge in [-0.2, -0.15) is 4.98 Å². The lowest BCUT2D eigenvalue weighted by molar-refractivity contribution is -0.126. The Morgan fingerprint density at radius 2 is 1.81 bits per heavy atom. The average molecular weight is 498 g/mol. The highest BCUT2D eigenvalue weighted by molar-refractivity contribution is 5.79. The predicted molar refractivity (Wildman–Crippen MR) is 142 cm³/mol. The first-order valence-electron chi connectivity index (χ1n) is 12.6. The molecule has 1 amide bonds. The molecule has 37 heavy (non-hydrogen) atoms. The van der Waals surface area contributed by atoms with Crippen LogP contribution < -0.4 is 15.0 Å². The maximum Gasteiger partial charge on any atom is 0.261 e. The zero-order valence-electron chi connectivity index (χ0n) is 21.3. The maximum atomic E-state index is 13.0. The molecule has 1 aliphatic heterocycles. The number of carbonyl (C=O) groups is 1. The third-order valence-corrected chi connectivity index (χ3v) is 6.89. The summed E-state index contributed by atoms with van der Waals surface area (Å²) in [7, 11) is 1.64. The van der Waals surface area contributed by atoms with Crippen molar-refractivity contribution in [3.05, 3.63) is 78.0 Å². The summed E-state index contributed by atoms with van der Waals surface area (Å²) in [5.74, 6) is 2.63. The van der Waals surface area contributed by atoms with Crippen molar-refractivity contribution in [3.8, 4) is 28.6 Å². The standard InChI is InChI=1S/C29H31N5O3/c1-19-6-8-22(9-7-19)26-32-29(37-33-26)25-5-4-16-30-27(25)34-17-14-23(15-18-34)28(35)31-20(2)21-10-12-24(36-3)13-11-21/h4-13,16,20,23H,14-15,17-18H2,1-3H3,(H,31,35). The van der Waals surface area contributed by atoms with Gasteiger partial charge in [0.15, 0.2) is 0 Å². The number of hydrogen-bond acceptors (Lipinski definition) is 7. The van der Waals surface area contributed by atoms with Crippen molar-refractivity contribution >= 4 is 11.7 Å². The van der Waals surface area contributed by atoms with Crippen molar-refractivity contribution in [3.63, 3.8) is 0 Å². The number of benzene rings is 2. The summed E-state index contributed by atoms with van der Waals surface area (Å²) in [4.78, 5) is 24.5. The fraction of sp³-hybridized carbons (Fsp3) is 0.310. The van der Waals surface area contributed by atoms with Crippen LogP contribution >= 0.6 is 0 Å². The van der Waals surface area contributed by atoms with Crippen LogP contribution in [-0.2, 0) is 4.79 Å². The van der Waals surface area contributed by atoms with E-state index in [1.807, 2.05) is 74.5 Å². The number of ether oxygens (including phenoxy) is 1. The van der Waals surface area contributed by atoms with Gasteiger partial charge in [-0.25, -0.2) is 4.98 Å². The molecule has 1 atom stereocenters. The van der Waals surface area contributed by atoms with Gasteiger partial charge in [-0.05, 0) is 56.5 Å². The number of aryl methyl sites for hydroxylation is 1. The lowest BCUT2D eigenvalue weighted by Crippen LogP contribution is -2.41. The molecule has 1 unspecified atom stereocenters. The lowest BCUT2D eigenvalue weighted by atomic mass is 9.95. The molecule has 0 spiro atoms. The summed E-state index contributed by atoms with van der Waals surface area (Å²) in [5, 5.41) is 7.35. The first-order chi connectivity index (χ1) is 18.0. The smallest absolute Gasteiger partial charge is 0.261 e. The predicted octanol–water partition coefficient (Wildman–Crippen LogP) is 5.21. The van der Waals surface area contributed by atoms with Crippen LogP contribution in [0.1, 0.15) is 36.9 Å². The van der Waals surface area contributed by atoms with Gasteiger partial charge >= 0.3 is 0 Å². The van der Waals surface area contributed by atoms with Crippen molar-refractivity contribution < 1.29 is 14.1 Å². The number of hydrogen-bond donors (Lipinski definition) is 1. The second kappa shape index (κ2) is 10.8. The molecule has 0 aliphatic carbocycles. The third-order valence-electron chi connectivity index (χ3n) is 6.89. The van der Waals surface area contributed by atoms with Gasteiger partial charge < -0.3 is 19.5 Å². The molecule has 5 rings (SSSR count). The number of pyridine rings is 1. The van der Waals surface area contributed by atoms with E-state index in [1.54, 1.807) is 13.3 Å². The molecule has 8 nitrogen and oxygen atoms in total. The monoisotopic (exact) mass is 497 g/mol. The highest BCUT2D eigenvalue weighted by Gasteiger charge is 2.28. The Morgan fingerprint density at radius 1 is 1.08 bits per heavy atom. The molecule has 8 heteroatoms. The van der Waals surface area contributed by atoms with Crippen LogP contribution in [0, 0.1) is 12.8 Å². The normalized spacial score (nSPS) is 14.8. The number of nitrogens with zero attached hydrogens (tertiary/aromatic N) is 4. The van der Waals surface area contributed by atoms with Crippen molar-refractivity contribution in [1.29, 1.82) is 0 Å². The van der Waals surface area contributed by atoms with Crippen LogP contribution in [0.4, 0.5) is 5.82 Å². The molecular weight excluding hydrogens is 466 g/mol. The summed E-state index contributed by atoms with van der Waals surface area (Å²) in [6, 6.07) is 19.6. The van der Waals surface area contributed by atoms with E-state index in [9.17, 15) is 4.79 Å². The molecule has 0 saturated carbocycles. The van der Waals surface area contributed by atoms with Gasteiger partial charge in [0, 0.05) is 30.8 Å². The quantitative estimate of drug-likeness (QED) is 0.375. The molecule has 0 bridgehead atoms. The Bertz CT molecular complexity index is 1340. The minimum Gasteiger partial charge on any atom is -0.497 e. The number of rotatable bonds is 7. The molecule has 2 aromatic heterocycles. The van der Waals surface area contributed by atoms with Crippen molar-refractivity contribution in [2.75, 3.05) is 25.1 Å². The van der Waals surface area contributed by atoms with Gasteiger partial charge in [0.05, 0.1) is 18.7 Å². The van der Waals surface area contributed by atoms with Gasteiger partial charge in [0.1, 0.15) is 11.6 Å². The zero-order chi connectivity index (χ0) is 25.8. The topological polar surface area (TPSA) is 93.4 Å². The molecule has 1 fully saturated rings. The average Bonchev–Trinajstić information content (AvgIpc) is 3.44. The molecular formula is C29H31N5O3. The number of methoxy groups -OCH3 is 1. The zero-order valence-corrected chi connectivity index (χ0v) is 21.3. The van der Waals surface area contributed by atoms with Gasteiger partial charge in [0.2, 0.25) is 11.7 Å². The van der Waals surface area contributed by atoms with Crippen LogP contribution in [0.25, 0.3) is 22.8 Å². The Labute approximate surface area is 216 Å². The lowest BCUT2D eigenvalue weighted by Gasteiger charge is -2.33. The highest BCUT2D eigenvalue weighted by Crippen LogP contribution is 2.32. The van der Waals surface area contributed by atoms with E-state index >= 15 is 0 Å². The molecule has 1 aliphatic rings. The van der Waals surface area contributed by atoms with Crippen LogP contribution in [0.2, 0.25) is 0 Å². The van der Waals surface area contributed by atoms with E-state index in [0.29, 0.717) is 11.7 Å². The van der Waals surface area contributed by atoms with Crippen LogP contribution in [0.15, 0.2) is 71.4 Å². The highest BCUT2D eigenvalue weighted by atomic mass is 16.5. The molecule has 2 aromatic carbocycles. The number of amides is 1. The molecule has 3 heterocycles. The van der Waals surface area contributed by atoms with E-state index < -0.39 is 0 Å². The van der Waals surface area contributed by atoms with Crippen molar-refractivity contribution in [2.45, 2.75) is 32.7 Å². The second-order valence-electron chi connectivity index (χ2n) is 9.43. The second-order valence-corrected chi connectivity index (χ2v) is 9.43. The van der Waals surface area contributed by atoms with Crippen molar-refractivity contribution in [2.24, 2.45) is 5.92 Å². The third kappa shape index (κ3) is 5.48. The van der Waals surface area contributed by atoms with Gasteiger partial charge in [-0.15, -0.1) is 0 Å². The number of carbonyl (C=O) groups excluding carboxylic acids is 1. The SMILES string of the molecule is COc1ccc(C(C)NC(=O)C2CCN(c3ncccc3-c3nc(-c4ccc(C)cc4)no3)CC2)cc1. The first kappa shape index (κ1) is 24.5. The fourth-order valence-corrected chi connectivity index (χ4v) is 4.63. The Hall–Kier alpha value is -4.20. The number of anilines is 1. The minimum absolute atomic E-state index is 0.0411.